The molecule has 3 heteroatoms. The number of hydrogen-bond acceptors (Lipinski definition) is 2. The standard InChI is InChI=1S/C16H23N3/c1-2-10-19(9-1)11-3-7-17-13-14-4-5-15-6-8-18-16(15)12-14/h4-6,8,12,17-18H,1-3,7,9-11,13H2. The molecule has 3 rings (SSSR count). The summed E-state index contributed by atoms with van der Waals surface area (Å²) in [4.78, 5) is 5.84. The maximum absolute atomic E-state index is 3.54. The highest BCUT2D eigenvalue weighted by molar-refractivity contribution is 5.79. The van der Waals surface area contributed by atoms with Gasteiger partial charge < -0.3 is 15.2 Å². The fourth-order valence-electron chi connectivity index (χ4n) is 2.87. The van der Waals surface area contributed by atoms with Gasteiger partial charge in [0.15, 0.2) is 0 Å². The molecule has 0 unspecified atom stereocenters. The van der Waals surface area contributed by atoms with Gasteiger partial charge >= 0.3 is 0 Å². The number of benzene rings is 1. The van der Waals surface area contributed by atoms with Crippen molar-refractivity contribution >= 4 is 10.9 Å². The smallest absolute Gasteiger partial charge is 0.0457 e. The fraction of sp³-hybridized carbons (Fsp3) is 0.500. The van der Waals surface area contributed by atoms with Crippen LogP contribution in [0.4, 0.5) is 0 Å². The zero-order valence-electron chi connectivity index (χ0n) is 11.5. The highest BCUT2D eigenvalue weighted by atomic mass is 15.1. The highest BCUT2D eigenvalue weighted by Crippen LogP contribution is 2.14. The molecule has 2 N–H and O–H groups in total. The molecular formula is C16H23N3. The summed E-state index contributed by atoms with van der Waals surface area (Å²) in [5.41, 5.74) is 2.59. The Morgan fingerprint density at radius 1 is 1.16 bits per heavy atom. The first-order valence-electron chi connectivity index (χ1n) is 7.41. The van der Waals surface area contributed by atoms with Gasteiger partial charge in [-0.2, -0.15) is 0 Å². The maximum atomic E-state index is 3.54. The summed E-state index contributed by atoms with van der Waals surface area (Å²) in [5, 5.41) is 4.83. The Labute approximate surface area is 115 Å². The lowest BCUT2D eigenvalue weighted by Gasteiger charge is -2.14. The largest absolute Gasteiger partial charge is 0.361 e. The monoisotopic (exact) mass is 257 g/mol. The topological polar surface area (TPSA) is 31.1 Å². The fourth-order valence-corrected chi connectivity index (χ4v) is 2.87. The lowest BCUT2D eigenvalue weighted by atomic mass is 10.1. The van der Waals surface area contributed by atoms with E-state index in [0.29, 0.717) is 0 Å². The molecule has 3 nitrogen and oxygen atoms in total. The summed E-state index contributed by atoms with van der Waals surface area (Å²) in [7, 11) is 0. The molecule has 1 aromatic carbocycles. The number of rotatable bonds is 6. The molecule has 102 valence electrons. The third-order valence-electron chi connectivity index (χ3n) is 3.98. The van der Waals surface area contributed by atoms with Crippen LogP contribution in [0.3, 0.4) is 0 Å². The van der Waals surface area contributed by atoms with E-state index in [-0.39, 0.29) is 0 Å². The number of H-pyrrole nitrogens is 1. The second kappa shape index (κ2) is 6.22. The van der Waals surface area contributed by atoms with Crippen LogP contribution in [0.2, 0.25) is 0 Å². The molecule has 0 spiro atoms. The molecule has 0 atom stereocenters. The van der Waals surface area contributed by atoms with E-state index in [1.807, 2.05) is 6.20 Å². The van der Waals surface area contributed by atoms with E-state index in [1.165, 1.54) is 55.4 Å². The predicted octanol–water partition coefficient (Wildman–Crippen LogP) is 2.74. The quantitative estimate of drug-likeness (QED) is 0.780. The van der Waals surface area contributed by atoms with Crippen molar-refractivity contribution in [3.63, 3.8) is 0 Å². The molecule has 0 bridgehead atoms. The number of aromatic amines is 1. The van der Waals surface area contributed by atoms with Crippen LogP contribution in [0.25, 0.3) is 10.9 Å². The Morgan fingerprint density at radius 3 is 2.95 bits per heavy atom. The van der Waals surface area contributed by atoms with E-state index >= 15 is 0 Å². The lowest BCUT2D eigenvalue weighted by Crippen LogP contribution is -2.24. The number of hydrogen-bond donors (Lipinski definition) is 2. The van der Waals surface area contributed by atoms with Gasteiger partial charge in [-0.1, -0.05) is 12.1 Å². The maximum Gasteiger partial charge on any atom is 0.0457 e. The van der Waals surface area contributed by atoms with E-state index in [2.05, 4.69) is 39.5 Å². The Morgan fingerprint density at radius 2 is 2.05 bits per heavy atom. The first-order valence-corrected chi connectivity index (χ1v) is 7.41. The van der Waals surface area contributed by atoms with E-state index in [9.17, 15) is 0 Å². The van der Waals surface area contributed by atoms with Crippen molar-refractivity contribution in [3.8, 4) is 0 Å². The minimum absolute atomic E-state index is 0.967. The summed E-state index contributed by atoms with van der Waals surface area (Å²) < 4.78 is 0. The molecule has 1 saturated heterocycles. The minimum Gasteiger partial charge on any atom is -0.361 e. The third kappa shape index (κ3) is 3.37. The summed E-state index contributed by atoms with van der Waals surface area (Å²) in [6, 6.07) is 8.75. The van der Waals surface area contributed by atoms with E-state index in [0.717, 1.165) is 13.1 Å². The van der Waals surface area contributed by atoms with E-state index in [1.54, 1.807) is 0 Å². The van der Waals surface area contributed by atoms with Crippen molar-refractivity contribution in [1.82, 2.24) is 15.2 Å². The Balaban J connectivity index is 1.39. The van der Waals surface area contributed by atoms with Crippen molar-refractivity contribution in [1.29, 1.82) is 0 Å². The van der Waals surface area contributed by atoms with Crippen molar-refractivity contribution < 1.29 is 0 Å². The predicted molar refractivity (Wildman–Crippen MR) is 80.3 cm³/mol. The highest BCUT2D eigenvalue weighted by Gasteiger charge is 2.09. The van der Waals surface area contributed by atoms with Gasteiger partial charge in [0, 0.05) is 18.3 Å². The van der Waals surface area contributed by atoms with E-state index < -0.39 is 0 Å². The molecule has 2 aromatic rings. The molecule has 1 fully saturated rings. The zero-order valence-corrected chi connectivity index (χ0v) is 11.5. The molecule has 0 aliphatic carbocycles. The number of nitrogens with one attached hydrogen (secondary N) is 2. The molecule has 0 radical (unpaired) electrons. The summed E-state index contributed by atoms with van der Waals surface area (Å²) >= 11 is 0. The van der Waals surface area contributed by atoms with Gasteiger partial charge in [-0.15, -0.1) is 0 Å². The van der Waals surface area contributed by atoms with Gasteiger partial charge in [-0.05, 0) is 68.5 Å². The van der Waals surface area contributed by atoms with Gasteiger partial charge in [-0.3, -0.25) is 0 Å². The van der Waals surface area contributed by atoms with Gasteiger partial charge in [0.1, 0.15) is 0 Å². The number of nitrogens with zero attached hydrogens (tertiary/aromatic N) is 1. The SMILES string of the molecule is c1cc2ccc(CNCCCN3CCCC3)cc2[nH]1. The molecule has 1 aliphatic heterocycles. The molecule has 1 aliphatic rings. The van der Waals surface area contributed by atoms with Crippen molar-refractivity contribution in [2.75, 3.05) is 26.2 Å². The molecule has 0 saturated carbocycles. The minimum atomic E-state index is 0.967. The van der Waals surface area contributed by atoms with Crippen LogP contribution in [0.5, 0.6) is 0 Å². The summed E-state index contributed by atoms with van der Waals surface area (Å²) in [6.07, 6.45) is 6.04. The first kappa shape index (κ1) is 12.7. The van der Waals surface area contributed by atoms with Crippen molar-refractivity contribution in [2.45, 2.75) is 25.8 Å². The third-order valence-corrected chi connectivity index (χ3v) is 3.98. The Hall–Kier alpha value is -1.32. The molecule has 2 heterocycles. The zero-order chi connectivity index (χ0) is 12.9. The Kier molecular flexibility index (Phi) is 4.16. The number of aromatic nitrogens is 1. The summed E-state index contributed by atoms with van der Waals surface area (Å²) in [5.74, 6) is 0. The Bertz CT molecular complexity index is 511. The number of likely N-dealkylation sites (tertiary alicyclic amines) is 1. The van der Waals surface area contributed by atoms with Crippen LogP contribution in [0.1, 0.15) is 24.8 Å². The van der Waals surface area contributed by atoms with Crippen molar-refractivity contribution in [2.24, 2.45) is 0 Å². The second-order valence-corrected chi connectivity index (χ2v) is 5.48. The average molecular weight is 257 g/mol. The normalized spacial score (nSPS) is 16.4. The van der Waals surface area contributed by atoms with Gasteiger partial charge in [0.2, 0.25) is 0 Å². The van der Waals surface area contributed by atoms with Crippen LogP contribution in [-0.4, -0.2) is 36.1 Å². The van der Waals surface area contributed by atoms with Crippen LogP contribution in [0, 0.1) is 0 Å². The first-order chi connectivity index (χ1) is 9.42. The van der Waals surface area contributed by atoms with Crippen molar-refractivity contribution in [3.05, 3.63) is 36.0 Å². The van der Waals surface area contributed by atoms with Gasteiger partial charge in [0.05, 0.1) is 0 Å². The van der Waals surface area contributed by atoms with E-state index in [4.69, 9.17) is 0 Å². The molecular weight excluding hydrogens is 234 g/mol. The molecule has 0 amide bonds. The van der Waals surface area contributed by atoms with Gasteiger partial charge in [0.25, 0.3) is 0 Å². The van der Waals surface area contributed by atoms with Crippen LogP contribution >= 0.6 is 0 Å². The van der Waals surface area contributed by atoms with Gasteiger partial charge in [-0.25, -0.2) is 0 Å². The summed E-state index contributed by atoms with van der Waals surface area (Å²) in [6.45, 7) is 5.95. The van der Waals surface area contributed by atoms with Crippen LogP contribution in [0.15, 0.2) is 30.5 Å². The lowest BCUT2D eigenvalue weighted by molar-refractivity contribution is 0.331. The molecule has 1 aromatic heterocycles. The number of fused-ring (bicyclic) bond motifs is 1. The second-order valence-electron chi connectivity index (χ2n) is 5.48. The average Bonchev–Trinajstić information content (AvgIpc) is 3.08. The van der Waals surface area contributed by atoms with Crippen LogP contribution < -0.4 is 5.32 Å². The molecule has 19 heavy (non-hydrogen) atoms. The van der Waals surface area contributed by atoms with Crippen LogP contribution in [-0.2, 0) is 6.54 Å².